The first-order valence-electron chi connectivity index (χ1n) is 15.1. The van der Waals surface area contributed by atoms with Crippen LogP contribution < -0.4 is 10.2 Å². The standard InChI is InChI=1S/C34H32O16/c1-31(2)43-23(35)19(24(36)44-31)11-7-5-9-13-21-27(39)47-33(48-28(21)40)15-17-34(18-16-33)49-29(41)22(30(42)50-34)14-10-6-8-12-20-25(37)45-32(3,4)46-26(20)38/h5-14,39,41H,15-18H2,1-4H3/p-2/b7-5+,8-6+,13-9+,14-10+. The predicted octanol–water partition coefficient (Wildman–Crippen LogP) is 0.993. The molecule has 0 radical (unpaired) electrons. The molecule has 16 nitrogen and oxygen atoms in total. The lowest BCUT2D eigenvalue weighted by Gasteiger charge is -2.53. The average Bonchev–Trinajstić information content (AvgIpc) is 2.98. The third kappa shape index (κ3) is 7.64. The molecule has 4 heterocycles. The Kier molecular flexibility index (Phi) is 9.23. The number of hydrogen-bond donors (Lipinski definition) is 0. The lowest BCUT2D eigenvalue weighted by molar-refractivity contribution is -0.422. The molecule has 0 aromatic rings. The van der Waals surface area contributed by atoms with E-state index in [9.17, 15) is 39.0 Å². The summed E-state index contributed by atoms with van der Waals surface area (Å²) in [4.78, 5) is 73.4. The zero-order valence-electron chi connectivity index (χ0n) is 27.1. The molecule has 0 atom stereocenters. The molecule has 5 aliphatic rings. The fourth-order valence-electron chi connectivity index (χ4n) is 5.13. The van der Waals surface area contributed by atoms with Crippen molar-refractivity contribution in [1.29, 1.82) is 0 Å². The van der Waals surface area contributed by atoms with Gasteiger partial charge >= 0.3 is 35.8 Å². The van der Waals surface area contributed by atoms with Crippen LogP contribution in [-0.2, 0) is 66.7 Å². The van der Waals surface area contributed by atoms with Crippen molar-refractivity contribution < 1.29 is 76.9 Å². The second-order valence-electron chi connectivity index (χ2n) is 12.2. The van der Waals surface area contributed by atoms with E-state index >= 15 is 0 Å². The molecule has 264 valence electrons. The van der Waals surface area contributed by atoms with Gasteiger partial charge in [0.25, 0.3) is 11.6 Å². The molecule has 0 N–H and O–H groups in total. The molecule has 0 aromatic carbocycles. The van der Waals surface area contributed by atoms with Crippen LogP contribution in [0.5, 0.6) is 0 Å². The van der Waals surface area contributed by atoms with Gasteiger partial charge in [0.2, 0.25) is 0 Å². The highest BCUT2D eigenvalue weighted by atomic mass is 16.8. The third-order valence-corrected chi connectivity index (χ3v) is 7.50. The molecule has 16 heteroatoms. The summed E-state index contributed by atoms with van der Waals surface area (Å²) in [7, 11) is 0. The number of ether oxygens (including phenoxy) is 8. The highest BCUT2D eigenvalue weighted by Crippen LogP contribution is 2.46. The van der Waals surface area contributed by atoms with Crippen molar-refractivity contribution in [2.24, 2.45) is 0 Å². The number of allylic oxidation sites excluding steroid dienone is 8. The summed E-state index contributed by atoms with van der Waals surface area (Å²) in [5.74, 6) is -13.5. The van der Waals surface area contributed by atoms with E-state index in [1.54, 1.807) is 0 Å². The Labute approximate surface area is 284 Å². The third-order valence-electron chi connectivity index (χ3n) is 7.50. The molecule has 4 aliphatic heterocycles. The first-order chi connectivity index (χ1) is 23.4. The van der Waals surface area contributed by atoms with E-state index in [-0.39, 0.29) is 36.8 Å². The predicted molar refractivity (Wildman–Crippen MR) is 158 cm³/mol. The summed E-state index contributed by atoms with van der Waals surface area (Å²) >= 11 is 0. The first-order valence-corrected chi connectivity index (χ1v) is 15.1. The van der Waals surface area contributed by atoms with Crippen LogP contribution in [0.25, 0.3) is 0 Å². The van der Waals surface area contributed by atoms with Crippen molar-refractivity contribution in [3.05, 3.63) is 94.9 Å². The normalized spacial score (nSPS) is 24.2. The van der Waals surface area contributed by atoms with Gasteiger partial charge in [0.15, 0.2) is 11.6 Å². The van der Waals surface area contributed by atoms with Crippen molar-refractivity contribution in [3.63, 3.8) is 0 Å². The zero-order chi connectivity index (χ0) is 36.5. The van der Waals surface area contributed by atoms with Gasteiger partial charge < -0.3 is 48.1 Å². The quantitative estimate of drug-likeness (QED) is 0.124. The number of esters is 6. The zero-order valence-corrected chi connectivity index (χ0v) is 27.1. The van der Waals surface area contributed by atoms with E-state index in [1.165, 1.54) is 64.2 Å². The van der Waals surface area contributed by atoms with Crippen molar-refractivity contribution >= 4 is 35.8 Å². The average molecular weight is 695 g/mol. The van der Waals surface area contributed by atoms with Gasteiger partial charge in [-0.05, 0) is 24.3 Å². The van der Waals surface area contributed by atoms with Gasteiger partial charge in [0.1, 0.15) is 11.1 Å². The van der Waals surface area contributed by atoms with Crippen LogP contribution in [0, 0.1) is 0 Å². The van der Waals surface area contributed by atoms with Crippen LogP contribution in [-0.4, -0.2) is 59.0 Å². The molecule has 0 aromatic heterocycles. The lowest BCUT2D eigenvalue weighted by Crippen LogP contribution is -2.54. The van der Waals surface area contributed by atoms with E-state index in [1.807, 2.05) is 0 Å². The van der Waals surface area contributed by atoms with Crippen molar-refractivity contribution in [2.45, 2.75) is 76.5 Å². The minimum atomic E-state index is -1.68. The van der Waals surface area contributed by atoms with Gasteiger partial charge in [0.05, 0.1) is 23.0 Å². The molecule has 2 spiro atoms. The number of rotatable bonds is 6. The Hall–Kier alpha value is -6.06. The number of cyclic esters (lactones) is 4. The van der Waals surface area contributed by atoms with E-state index in [0.717, 1.165) is 24.3 Å². The summed E-state index contributed by atoms with van der Waals surface area (Å²) in [6.45, 7) is 5.63. The van der Waals surface area contributed by atoms with Crippen molar-refractivity contribution in [2.75, 3.05) is 0 Å². The van der Waals surface area contributed by atoms with Gasteiger partial charge in [0, 0.05) is 53.4 Å². The van der Waals surface area contributed by atoms with E-state index < -0.39 is 82.0 Å². The Morgan fingerprint density at radius 2 is 0.760 bits per heavy atom. The summed E-state index contributed by atoms with van der Waals surface area (Å²) in [5.41, 5.74) is -1.55. The van der Waals surface area contributed by atoms with Gasteiger partial charge in [-0.15, -0.1) is 0 Å². The molecule has 0 bridgehead atoms. The molecule has 1 saturated carbocycles. The molecule has 5 rings (SSSR count). The summed E-state index contributed by atoms with van der Waals surface area (Å²) < 4.78 is 41.7. The fraction of sp³-hybridized carbons (Fsp3) is 0.353. The Morgan fingerprint density at radius 3 is 1.06 bits per heavy atom. The number of carbonyl (C=O) groups excluding carboxylic acids is 6. The highest BCUT2D eigenvalue weighted by Gasteiger charge is 2.48. The van der Waals surface area contributed by atoms with Crippen LogP contribution in [0.2, 0.25) is 0 Å². The SMILES string of the molecule is CC1(C)OC(=O)C(=C/C=C/C=C/C2=C([O-])OC3(CCC4(CC3)OC(=O)C(/C=C/C=C/C=C3C(=O)OC(C)(C)OC3=O)=C([O-])O4)OC2=O)C(=O)O1. The number of carbonyl (C=O) groups is 6. The van der Waals surface area contributed by atoms with E-state index in [2.05, 4.69) is 0 Å². The fourth-order valence-corrected chi connectivity index (χ4v) is 5.13. The molecule has 2 saturated heterocycles. The van der Waals surface area contributed by atoms with Gasteiger partial charge in [-0.25, -0.2) is 28.8 Å². The van der Waals surface area contributed by atoms with Crippen molar-refractivity contribution in [1.82, 2.24) is 0 Å². The molecule has 0 amide bonds. The molecule has 50 heavy (non-hydrogen) atoms. The van der Waals surface area contributed by atoms with Gasteiger partial charge in [-0.1, -0.05) is 36.5 Å². The second-order valence-corrected chi connectivity index (χ2v) is 12.2. The largest absolute Gasteiger partial charge is 0.574 e. The maximum atomic E-state index is 12.7. The molecular weight excluding hydrogens is 664 g/mol. The minimum Gasteiger partial charge on any atom is -0.574 e. The summed E-state index contributed by atoms with van der Waals surface area (Å²) in [5, 5.41) is 25.5. The maximum absolute atomic E-state index is 12.7. The summed E-state index contributed by atoms with van der Waals surface area (Å²) in [6.07, 6.45) is 11.8. The van der Waals surface area contributed by atoms with Gasteiger partial charge in [-0.2, -0.15) is 0 Å². The molecule has 3 fully saturated rings. The first kappa shape index (κ1) is 35.3. The lowest BCUT2D eigenvalue weighted by atomic mass is 9.87. The Morgan fingerprint density at radius 1 is 0.440 bits per heavy atom. The van der Waals surface area contributed by atoms with Crippen LogP contribution in [0.15, 0.2) is 94.9 Å². The smallest absolute Gasteiger partial charge is 0.348 e. The Bertz CT molecular complexity index is 1610. The van der Waals surface area contributed by atoms with Crippen molar-refractivity contribution in [3.8, 4) is 0 Å². The number of hydrogen-bond acceptors (Lipinski definition) is 16. The van der Waals surface area contributed by atoms with Crippen LogP contribution in [0.4, 0.5) is 0 Å². The molecular formula is C34H30O16-2. The highest BCUT2D eigenvalue weighted by molar-refractivity contribution is 6.16. The second kappa shape index (κ2) is 13.1. The topological polar surface area (TPSA) is 222 Å². The van der Waals surface area contributed by atoms with Crippen LogP contribution >= 0.6 is 0 Å². The van der Waals surface area contributed by atoms with E-state index in [4.69, 9.17) is 37.9 Å². The molecule has 1 aliphatic carbocycles. The van der Waals surface area contributed by atoms with Gasteiger partial charge in [-0.3, -0.25) is 0 Å². The Balaban J connectivity index is 1.17. The monoisotopic (exact) mass is 694 g/mol. The minimum absolute atomic E-state index is 0.150. The van der Waals surface area contributed by atoms with Crippen LogP contribution in [0.3, 0.4) is 0 Å². The maximum Gasteiger partial charge on any atom is 0.348 e. The molecule has 0 unspecified atom stereocenters. The van der Waals surface area contributed by atoms with E-state index in [0.29, 0.717) is 0 Å². The van der Waals surface area contributed by atoms with Crippen LogP contribution in [0.1, 0.15) is 53.4 Å². The summed E-state index contributed by atoms with van der Waals surface area (Å²) in [6, 6.07) is 0.